The fraction of sp³-hybridized carbons (Fsp3) is 0.300. The van der Waals surface area contributed by atoms with Gasteiger partial charge in [-0.1, -0.05) is 11.6 Å². The molecular weight excluding hydrogens is 204 g/mol. The number of methoxy groups -OCH3 is 1. The molecule has 0 saturated carbocycles. The van der Waals surface area contributed by atoms with Gasteiger partial charge in [0.1, 0.15) is 11.3 Å². The number of phenolic OH excluding ortho intramolecular Hbond substituents is 1. The number of hydrogen-bond acceptors (Lipinski definition) is 3. The van der Waals surface area contributed by atoms with E-state index in [9.17, 15) is 9.90 Å². The molecule has 0 aromatic heterocycles. The van der Waals surface area contributed by atoms with Crippen LogP contribution in [0.1, 0.15) is 21.5 Å². The van der Waals surface area contributed by atoms with E-state index < -0.39 is 5.97 Å². The third-order valence-corrected chi connectivity index (χ3v) is 2.60. The second-order valence-electron chi connectivity index (χ2n) is 2.99. The smallest absolute Gasteiger partial charge is 0.341 e. The first-order valence-corrected chi connectivity index (χ1v) is 4.43. The van der Waals surface area contributed by atoms with Crippen molar-refractivity contribution in [3.05, 3.63) is 27.8 Å². The van der Waals surface area contributed by atoms with Gasteiger partial charge in [0.15, 0.2) is 0 Å². The van der Waals surface area contributed by atoms with Gasteiger partial charge in [-0.25, -0.2) is 4.79 Å². The van der Waals surface area contributed by atoms with E-state index in [0.717, 1.165) is 5.56 Å². The Morgan fingerprint density at radius 3 is 2.50 bits per heavy atom. The van der Waals surface area contributed by atoms with E-state index in [2.05, 4.69) is 4.74 Å². The highest BCUT2D eigenvalue weighted by molar-refractivity contribution is 6.31. The molecule has 0 spiro atoms. The van der Waals surface area contributed by atoms with E-state index in [4.69, 9.17) is 11.6 Å². The zero-order valence-electron chi connectivity index (χ0n) is 8.22. The van der Waals surface area contributed by atoms with Crippen molar-refractivity contribution in [2.24, 2.45) is 0 Å². The van der Waals surface area contributed by atoms with Crippen molar-refractivity contribution >= 4 is 17.6 Å². The van der Waals surface area contributed by atoms with Crippen molar-refractivity contribution in [2.45, 2.75) is 13.8 Å². The zero-order valence-corrected chi connectivity index (χ0v) is 8.97. The molecule has 0 amide bonds. The molecule has 0 aliphatic carbocycles. The lowest BCUT2D eigenvalue weighted by Gasteiger charge is -2.10. The molecule has 0 saturated heterocycles. The van der Waals surface area contributed by atoms with Crippen LogP contribution in [-0.2, 0) is 4.74 Å². The molecule has 0 aliphatic heterocycles. The molecule has 0 atom stereocenters. The minimum atomic E-state index is -0.556. The van der Waals surface area contributed by atoms with Crippen molar-refractivity contribution in [3.63, 3.8) is 0 Å². The fourth-order valence-corrected chi connectivity index (χ4v) is 1.46. The lowest BCUT2D eigenvalue weighted by molar-refractivity contribution is 0.0596. The van der Waals surface area contributed by atoms with Crippen LogP contribution in [0.25, 0.3) is 0 Å². The highest BCUT2D eigenvalue weighted by atomic mass is 35.5. The maximum atomic E-state index is 11.3. The monoisotopic (exact) mass is 214 g/mol. The summed E-state index contributed by atoms with van der Waals surface area (Å²) >= 11 is 5.83. The molecule has 0 unspecified atom stereocenters. The molecule has 0 heterocycles. The first-order chi connectivity index (χ1) is 6.49. The molecule has 0 radical (unpaired) electrons. The van der Waals surface area contributed by atoms with Crippen molar-refractivity contribution in [2.75, 3.05) is 7.11 Å². The highest BCUT2D eigenvalue weighted by Crippen LogP contribution is 2.30. The van der Waals surface area contributed by atoms with Crippen LogP contribution in [0.3, 0.4) is 0 Å². The van der Waals surface area contributed by atoms with Crippen molar-refractivity contribution in [3.8, 4) is 5.75 Å². The molecule has 4 heteroatoms. The molecule has 76 valence electrons. The Labute approximate surface area is 87.3 Å². The van der Waals surface area contributed by atoms with Gasteiger partial charge >= 0.3 is 5.97 Å². The molecule has 1 rings (SSSR count). The first kappa shape index (κ1) is 10.9. The van der Waals surface area contributed by atoms with Gasteiger partial charge in [0.25, 0.3) is 0 Å². The summed E-state index contributed by atoms with van der Waals surface area (Å²) in [6.07, 6.45) is 0. The van der Waals surface area contributed by atoms with Gasteiger partial charge in [0.2, 0.25) is 0 Å². The SMILES string of the molecule is COC(=O)c1c(O)cc(Cl)c(C)c1C. The Bertz CT molecular complexity index is 385. The summed E-state index contributed by atoms with van der Waals surface area (Å²) in [7, 11) is 1.27. The predicted octanol–water partition coefficient (Wildman–Crippen LogP) is 2.45. The van der Waals surface area contributed by atoms with E-state index >= 15 is 0 Å². The topological polar surface area (TPSA) is 46.5 Å². The summed E-state index contributed by atoms with van der Waals surface area (Å²) < 4.78 is 4.55. The average Bonchev–Trinajstić information content (AvgIpc) is 2.14. The predicted molar refractivity (Wildman–Crippen MR) is 53.9 cm³/mol. The standard InChI is InChI=1S/C10H11ClO3/c1-5-6(2)9(10(13)14-3)8(12)4-7(5)11/h4,12H,1-3H3. The fourth-order valence-electron chi connectivity index (χ4n) is 1.22. The van der Waals surface area contributed by atoms with Gasteiger partial charge in [-0.3, -0.25) is 0 Å². The van der Waals surface area contributed by atoms with Crippen LogP contribution < -0.4 is 0 Å². The Hall–Kier alpha value is -1.22. The number of halogens is 1. The lowest BCUT2D eigenvalue weighted by atomic mass is 10.0. The third-order valence-electron chi connectivity index (χ3n) is 2.20. The molecule has 1 aromatic carbocycles. The summed E-state index contributed by atoms with van der Waals surface area (Å²) in [5.74, 6) is -0.704. The number of esters is 1. The normalized spacial score (nSPS) is 10.0. The van der Waals surface area contributed by atoms with Crippen LogP contribution in [0.4, 0.5) is 0 Å². The minimum Gasteiger partial charge on any atom is -0.507 e. The lowest BCUT2D eigenvalue weighted by Crippen LogP contribution is -2.05. The van der Waals surface area contributed by atoms with Gasteiger partial charge < -0.3 is 9.84 Å². The van der Waals surface area contributed by atoms with Crippen molar-refractivity contribution in [1.29, 1.82) is 0 Å². The van der Waals surface area contributed by atoms with Gasteiger partial charge in [0, 0.05) is 5.02 Å². The summed E-state index contributed by atoms with van der Waals surface area (Å²) in [6, 6.07) is 1.34. The molecule has 0 aliphatic rings. The Kier molecular flexibility index (Phi) is 3.01. The number of carbonyl (C=O) groups is 1. The number of phenols is 1. The van der Waals surface area contributed by atoms with E-state index in [0.29, 0.717) is 10.6 Å². The van der Waals surface area contributed by atoms with Crippen molar-refractivity contribution in [1.82, 2.24) is 0 Å². The summed E-state index contributed by atoms with van der Waals surface area (Å²) in [4.78, 5) is 11.3. The summed E-state index contributed by atoms with van der Waals surface area (Å²) in [5.41, 5.74) is 1.58. The van der Waals surface area contributed by atoms with E-state index in [-0.39, 0.29) is 11.3 Å². The number of ether oxygens (including phenoxy) is 1. The second kappa shape index (κ2) is 3.88. The Morgan fingerprint density at radius 1 is 1.43 bits per heavy atom. The van der Waals surface area contributed by atoms with Crippen LogP contribution in [0.5, 0.6) is 5.75 Å². The third kappa shape index (κ3) is 1.68. The van der Waals surface area contributed by atoms with Crippen LogP contribution in [0, 0.1) is 13.8 Å². The Morgan fingerprint density at radius 2 is 2.00 bits per heavy atom. The summed E-state index contributed by atoms with van der Waals surface area (Å²) in [5, 5.41) is 9.95. The Balaban J connectivity index is 3.44. The number of carbonyl (C=O) groups excluding carboxylic acids is 1. The van der Waals surface area contributed by atoms with E-state index in [1.165, 1.54) is 13.2 Å². The van der Waals surface area contributed by atoms with Crippen molar-refractivity contribution < 1.29 is 14.6 Å². The number of hydrogen-bond donors (Lipinski definition) is 1. The zero-order chi connectivity index (χ0) is 10.9. The van der Waals surface area contributed by atoms with Crippen LogP contribution in [0.15, 0.2) is 6.07 Å². The molecule has 1 aromatic rings. The van der Waals surface area contributed by atoms with Gasteiger partial charge in [0.05, 0.1) is 7.11 Å². The van der Waals surface area contributed by atoms with Crippen LogP contribution in [0.2, 0.25) is 5.02 Å². The molecular formula is C10H11ClO3. The van der Waals surface area contributed by atoms with Crippen LogP contribution >= 0.6 is 11.6 Å². The quantitative estimate of drug-likeness (QED) is 0.731. The second-order valence-corrected chi connectivity index (χ2v) is 3.40. The minimum absolute atomic E-state index is 0.148. The maximum Gasteiger partial charge on any atom is 0.341 e. The largest absolute Gasteiger partial charge is 0.507 e. The molecule has 0 bridgehead atoms. The van der Waals surface area contributed by atoms with Gasteiger partial charge in [-0.15, -0.1) is 0 Å². The molecule has 0 fully saturated rings. The maximum absolute atomic E-state index is 11.3. The highest BCUT2D eigenvalue weighted by Gasteiger charge is 2.17. The van der Waals surface area contributed by atoms with E-state index in [1.54, 1.807) is 13.8 Å². The number of benzene rings is 1. The molecule has 3 nitrogen and oxygen atoms in total. The number of rotatable bonds is 1. The number of aromatic hydroxyl groups is 1. The molecule has 1 N–H and O–H groups in total. The van der Waals surface area contributed by atoms with Gasteiger partial charge in [-0.2, -0.15) is 0 Å². The molecule has 14 heavy (non-hydrogen) atoms. The first-order valence-electron chi connectivity index (χ1n) is 4.06. The summed E-state index contributed by atoms with van der Waals surface area (Å²) in [6.45, 7) is 3.50. The van der Waals surface area contributed by atoms with Crippen LogP contribution in [-0.4, -0.2) is 18.2 Å². The van der Waals surface area contributed by atoms with E-state index in [1.807, 2.05) is 0 Å². The average molecular weight is 215 g/mol. The van der Waals surface area contributed by atoms with Gasteiger partial charge in [-0.05, 0) is 31.0 Å².